The van der Waals surface area contributed by atoms with Crippen molar-refractivity contribution in [2.75, 3.05) is 5.32 Å². The molecule has 0 spiro atoms. The molecular weight excluding hydrogens is 318 g/mol. The van der Waals surface area contributed by atoms with Gasteiger partial charge in [0.05, 0.1) is 6.20 Å². The number of urea groups is 1. The average molecular weight is 337 g/mol. The fourth-order valence-corrected chi connectivity index (χ4v) is 3.07. The molecule has 128 valence electrons. The highest BCUT2D eigenvalue weighted by Crippen LogP contribution is 2.20. The van der Waals surface area contributed by atoms with Crippen molar-refractivity contribution >= 4 is 11.7 Å². The van der Waals surface area contributed by atoms with Gasteiger partial charge in [-0.1, -0.05) is 0 Å². The first-order valence-electron chi connectivity index (χ1n) is 8.22. The monoisotopic (exact) mass is 337 g/mol. The molecule has 3 N–H and O–H groups in total. The van der Waals surface area contributed by atoms with Gasteiger partial charge >= 0.3 is 6.03 Å². The van der Waals surface area contributed by atoms with Crippen LogP contribution < -0.4 is 10.6 Å². The smallest absolute Gasteiger partial charge is 0.319 e. The molecule has 0 bridgehead atoms. The number of carbonyl (C=O) groups is 1. The van der Waals surface area contributed by atoms with E-state index in [0.717, 1.165) is 30.5 Å². The third kappa shape index (κ3) is 3.37. The van der Waals surface area contributed by atoms with Gasteiger partial charge in [-0.2, -0.15) is 10.2 Å². The summed E-state index contributed by atoms with van der Waals surface area (Å²) < 4.78 is 1.66. The minimum Gasteiger partial charge on any atom is -0.335 e. The van der Waals surface area contributed by atoms with Crippen molar-refractivity contribution in [2.45, 2.75) is 25.3 Å². The maximum absolute atomic E-state index is 12.2. The molecule has 8 nitrogen and oxygen atoms in total. The summed E-state index contributed by atoms with van der Waals surface area (Å²) in [4.78, 5) is 16.4. The molecule has 2 heterocycles. The number of fused-ring (bicyclic) bond motifs is 1. The summed E-state index contributed by atoms with van der Waals surface area (Å²) >= 11 is 0. The first kappa shape index (κ1) is 15.4. The van der Waals surface area contributed by atoms with Crippen molar-refractivity contribution in [3.8, 4) is 11.4 Å². The van der Waals surface area contributed by atoms with E-state index in [-0.39, 0.29) is 12.1 Å². The number of carbonyl (C=O) groups excluding carboxylic acids is 1. The topological polar surface area (TPSA) is 101 Å². The summed E-state index contributed by atoms with van der Waals surface area (Å²) in [6, 6.07) is 7.41. The molecule has 1 unspecified atom stereocenters. The van der Waals surface area contributed by atoms with E-state index in [1.54, 1.807) is 11.0 Å². The zero-order valence-electron chi connectivity index (χ0n) is 13.9. The Morgan fingerprint density at radius 2 is 2.16 bits per heavy atom. The van der Waals surface area contributed by atoms with Crippen molar-refractivity contribution in [3.63, 3.8) is 0 Å². The molecule has 3 aromatic rings. The molecule has 1 atom stereocenters. The second kappa shape index (κ2) is 6.39. The van der Waals surface area contributed by atoms with Crippen LogP contribution in [0.15, 0.2) is 36.8 Å². The zero-order valence-corrected chi connectivity index (χ0v) is 13.9. The molecule has 25 heavy (non-hydrogen) atoms. The predicted molar refractivity (Wildman–Crippen MR) is 93.0 cm³/mol. The third-order valence-electron chi connectivity index (χ3n) is 4.35. The Bertz CT molecular complexity index is 881. The predicted octanol–water partition coefficient (Wildman–Crippen LogP) is 1.88. The van der Waals surface area contributed by atoms with E-state index >= 15 is 0 Å². The Labute approximate surface area is 144 Å². The lowest BCUT2D eigenvalue weighted by molar-refractivity contribution is 0.247. The van der Waals surface area contributed by atoms with E-state index < -0.39 is 0 Å². The van der Waals surface area contributed by atoms with E-state index in [4.69, 9.17) is 0 Å². The van der Waals surface area contributed by atoms with Crippen molar-refractivity contribution in [1.82, 2.24) is 30.3 Å². The van der Waals surface area contributed by atoms with Crippen molar-refractivity contribution in [2.24, 2.45) is 7.05 Å². The van der Waals surface area contributed by atoms with E-state index in [9.17, 15) is 4.79 Å². The summed E-state index contributed by atoms with van der Waals surface area (Å²) in [7, 11) is 1.83. The molecule has 4 rings (SSSR count). The quantitative estimate of drug-likeness (QED) is 0.679. The Morgan fingerprint density at radius 3 is 2.92 bits per heavy atom. The minimum atomic E-state index is -0.194. The average Bonchev–Trinajstić information content (AvgIpc) is 3.24. The number of H-pyrrole nitrogens is 1. The first-order valence-corrected chi connectivity index (χ1v) is 8.22. The summed E-state index contributed by atoms with van der Waals surface area (Å²) in [6.45, 7) is 0. The molecule has 1 aromatic carbocycles. The largest absolute Gasteiger partial charge is 0.335 e. The van der Waals surface area contributed by atoms with Gasteiger partial charge in [0.1, 0.15) is 6.33 Å². The Kier molecular flexibility index (Phi) is 3.93. The molecule has 0 aliphatic heterocycles. The van der Waals surface area contributed by atoms with E-state index in [1.165, 1.54) is 11.3 Å². The summed E-state index contributed by atoms with van der Waals surface area (Å²) in [5.41, 5.74) is 4.00. The van der Waals surface area contributed by atoms with Crippen molar-refractivity contribution in [1.29, 1.82) is 0 Å². The van der Waals surface area contributed by atoms with Crippen LogP contribution in [0.5, 0.6) is 0 Å². The second-order valence-electron chi connectivity index (χ2n) is 6.23. The molecule has 2 amide bonds. The van der Waals surface area contributed by atoms with Gasteiger partial charge in [0, 0.05) is 30.0 Å². The van der Waals surface area contributed by atoms with Gasteiger partial charge in [-0.05, 0) is 49.1 Å². The fraction of sp³-hybridized carbons (Fsp3) is 0.294. The number of amides is 2. The van der Waals surface area contributed by atoms with Crippen LogP contribution in [0.1, 0.15) is 17.7 Å². The van der Waals surface area contributed by atoms with Gasteiger partial charge in [0.2, 0.25) is 0 Å². The first-order chi connectivity index (χ1) is 12.2. The minimum absolute atomic E-state index is 0.127. The number of aryl methyl sites for hydroxylation is 2. The number of rotatable bonds is 3. The molecular formula is C17H19N7O. The Hall–Kier alpha value is -3.16. The number of benzene rings is 1. The van der Waals surface area contributed by atoms with Crippen LogP contribution in [0, 0.1) is 0 Å². The highest BCUT2D eigenvalue weighted by molar-refractivity contribution is 5.89. The van der Waals surface area contributed by atoms with Gasteiger partial charge < -0.3 is 10.6 Å². The lowest BCUT2D eigenvalue weighted by atomic mass is 9.94. The van der Waals surface area contributed by atoms with Gasteiger partial charge in [-0.25, -0.2) is 9.78 Å². The molecule has 8 heteroatoms. The summed E-state index contributed by atoms with van der Waals surface area (Å²) in [5, 5.41) is 17.2. The maximum atomic E-state index is 12.2. The van der Waals surface area contributed by atoms with Crippen LogP contribution in [0.3, 0.4) is 0 Å². The number of anilines is 1. The standard InChI is InChI=1S/C17H19N7O/c1-24-10-18-16(23-24)11-2-4-13(5-3-11)20-17(25)21-14-6-7-15-12(8-14)9-19-22-15/h2-5,9-10,14H,6-8H2,1H3,(H,19,22)(H2,20,21,25). The van der Waals surface area contributed by atoms with Crippen LogP contribution in [0.2, 0.25) is 0 Å². The summed E-state index contributed by atoms with van der Waals surface area (Å²) in [5.74, 6) is 0.664. The number of nitrogens with zero attached hydrogens (tertiary/aromatic N) is 4. The molecule has 0 saturated heterocycles. The molecule has 2 aromatic heterocycles. The second-order valence-corrected chi connectivity index (χ2v) is 6.23. The molecule has 1 aliphatic carbocycles. The Morgan fingerprint density at radius 1 is 1.32 bits per heavy atom. The normalized spacial score (nSPS) is 16.3. The van der Waals surface area contributed by atoms with E-state index in [2.05, 4.69) is 30.9 Å². The lowest BCUT2D eigenvalue weighted by Crippen LogP contribution is -2.41. The summed E-state index contributed by atoms with van der Waals surface area (Å²) in [6.07, 6.45) is 6.12. The van der Waals surface area contributed by atoms with Gasteiger partial charge in [0.15, 0.2) is 5.82 Å². The number of nitrogens with one attached hydrogen (secondary N) is 3. The van der Waals surface area contributed by atoms with Crippen LogP contribution in [0.4, 0.5) is 10.5 Å². The highest BCUT2D eigenvalue weighted by Gasteiger charge is 2.21. The van der Waals surface area contributed by atoms with Crippen molar-refractivity contribution < 1.29 is 4.79 Å². The number of aromatic nitrogens is 5. The van der Waals surface area contributed by atoms with Gasteiger partial charge in [-0.3, -0.25) is 9.78 Å². The van der Waals surface area contributed by atoms with Crippen LogP contribution in [-0.2, 0) is 19.9 Å². The Balaban J connectivity index is 1.35. The van der Waals surface area contributed by atoms with E-state index in [1.807, 2.05) is 37.5 Å². The van der Waals surface area contributed by atoms with Crippen LogP contribution in [-0.4, -0.2) is 37.0 Å². The lowest BCUT2D eigenvalue weighted by Gasteiger charge is -2.23. The highest BCUT2D eigenvalue weighted by atomic mass is 16.2. The number of aromatic amines is 1. The maximum Gasteiger partial charge on any atom is 0.319 e. The van der Waals surface area contributed by atoms with Crippen LogP contribution in [0.25, 0.3) is 11.4 Å². The fourth-order valence-electron chi connectivity index (χ4n) is 3.07. The molecule has 0 radical (unpaired) electrons. The number of hydrogen-bond acceptors (Lipinski definition) is 4. The zero-order chi connectivity index (χ0) is 17.2. The SMILES string of the molecule is Cn1cnc(-c2ccc(NC(=O)NC3CCc4[nH]ncc4C3)cc2)n1. The van der Waals surface area contributed by atoms with Crippen LogP contribution >= 0.6 is 0 Å². The van der Waals surface area contributed by atoms with Gasteiger partial charge in [-0.15, -0.1) is 0 Å². The van der Waals surface area contributed by atoms with E-state index in [0.29, 0.717) is 5.82 Å². The van der Waals surface area contributed by atoms with Gasteiger partial charge in [0.25, 0.3) is 0 Å². The third-order valence-corrected chi connectivity index (χ3v) is 4.35. The molecule has 1 aliphatic rings. The molecule has 0 fully saturated rings. The number of hydrogen-bond donors (Lipinski definition) is 3. The molecule has 0 saturated carbocycles. The van der Waals surface area contributed by atoms with Crippen molar-refractivity contribution in [3.05, 3.63) is 48.0 Å².